The molecule has 2 atom stereocenters. The number of rotatable bonds is 2. The first-order chi connectivity index (χ1) is 9.56. The van der Waals surface area contributed by atoms with Gasteiger partial charge in [0.1, 0.15) is 5.60 Å². The molecule has 20 heavy (non-hydrogen) atoms. The van der Waals surface area contributed by atoms with Gasteiger partial charge in [-0.3, -0.25) is 4.79 Å². The van der Waals surface area contributed by atoms with Gasteiger partial charge in [-0.05, 0) is 31.2 Å². The third-order valence-corrected chi connectivity index (χ3v) is 5.04. The number of carbonyl (C=O) groups excluding carboxylic acids is 1. The first kappa shape index (κ1) is 13.6. The quantitative estimate of drug-likeness (QED) is 0.829. The SMILES string of the molecule is C=C(C)[C@@H]1c2ccccc2C(=O)[C@@]1(O)C1CCCCC1. The highest BCUT2D eigenvalue weighted by Crippen LogP contribution is 2.51. The summed E-state index contributed by atoms with van der Waals surface area (Å²) in [4.78, 5) is 12.8. The monoisotopic (exact) mass is 270 g/mol. The van der Waals surface area contributed by atoms with E-state index in [1.807, 2.05) is 31.2 Å². The Bertz CT molecular complexity index is 554. The molecule has 0 unspecified atom stereocenters. The van der Waals surface area contributed by atoms with Crippen LogP contribution in [0.3, 0.4) is 0 Å². The predicted octanol–water partition coefficient (Wildman–Crippen LogP) is 3.85. The minimum atomic E-state index is -1.27. The number of benzene rings is 1. The fraction of sp³-hybridized carbons (Fsp3) is 0.500. The summed E-state index contributed by atoms with van der Waals surface area (Å²) in [5.74, 6) is -0.264. The lowest BCUT2D eigenvalue weighted by molar-refractivity contribution is -0.0192. The van der Waals surface area contributed by atoms with Gasteiger partial charge in [0, 0.05) is 11.5 Å². The average molecular weight is 270 g/mol. The van der Waals surface area contributed by atoms with E-state index in [1.165, 1.54) is 6.42 Å². The summed E-state index contributed by atoms with van der Waals surface area (Å²) in [5, 5.41) is 11.3. The molecule has 106 valence electrons. The molecule has 0 spiro atoms. The van der Waals surface area contributed by atoms with Gasteiger partial charge in [0.15, 0.2) is 5.78 Å². The van der Waals surface area contributed by atoms with Gasteiger partial charge in [-0.15, -0.1) is 0 Å². The summed E-state index contributed by atoms with van der Waals surface area (Å²) in [6.07, 6.45) is 5.32. The Morgan fingerprint density at radius 1 is 1.25 bits per heavy atom. The molecule has 0 aromatic heterocycles. The van der Waals surface area contributed by atoms with Crippen molar-refractivity contribution >= 4 is 5.78 Å². The Hall–Kier alpha value is -1.41. The molecule has 0 bridgehead atoms. The van der Waals surface area contributed by atoms with Gasteiger partial charge in [0.25, 0.3) is 0 Å². The van der Waals surface area contributed by atoms with Gasteiger partial charge in [-0.2, -0.15) is 0 Å². The molecular formula is C18H22O2. The fourth-order valence-corrected chi connectivity index (χ4v) is 4.14. The first-order valence-electron chi connectivity index (χ1n) is 7.58. The maximum Gasteiger partial charge on any atom is 0.195 e. The zero-order valence-corrected chi connectivity index (χ0v) is 12.1. The Morgan fingerprint density at radius 2 is 1.90 bits per heavy atom. The third kappa shape index (κ3) is 1.78. The lowest BCUT2D eigenvalue weighted by Gasteiger charge is -2.39. The number of hydrogen-bond donors (Lipinski definition) is 1. The molecule has 0 radical (unpaired) electrons. The van der Waals surface area contributed by atoms with Crippen LogP contribution < -0.4 is 0 Å². The summed E-state index contributed by atoms with van der Waals surface area (Å²) in [6, 6.07) is 7.62. The highest BCUT2D eigenvalue weighted by atomic mass is 16.3. The molecular weight excluding hydrogens is 248 g/mol. The fourth-order valence-electron chi connectivity index (χ4n) is 4.14. The van der Waals surface area contributed by atoms with E-state index in [1.54, 1.807) is 0 Å². The molecule has 2 heteroatoms. The second-order valence-corrected chi connectivity index (χ2v) is 6.36. The summed E-state index contributed by atoms with van der Waals surface area (Å²) in [6.45, 7) is 5.97. The Labute approximate surface area is 120 Å². The van der Waals surface area contributed by atoms with Gasteiger partial charge in [0.05, 0.1) is 0 Å². The third-order valence-electron chi connectivity index (χ3n) is 5.04. The van der Waals surface area contributed by atoms with E-state index in [4.69, 9.17) is 0 Å². The molecule has 0 aliphatic heterocycles. The van der Waals surface area contributed by atoms with Crippen molar-refractivity contribution in [3.63, 3.8) is 0 Å². The van der Waals surface area contributed by atoms with Gasteiger partial charge in [-0.25, -0.2) is 0 Å². The van der Waals surface area contributed by atoms with Crippen LogP contribution in [0.25, 0.3) is 0 Å². The molecule has 0 heterocycles. The van der Waals surface area contributed by atoms with Crippen LogP contribution in [0.1, 0.15) is 60.9 Å². The second-order valence-electron chi connectivity index (χ2n) is 6.36. The average Bonchev–Trinajstić information content (AvgIpc) is 2.70. The van der Waals surface area contributed by atoms with Crippen LogP contribution in [-0.2, 0) is 0 Å². The van der Waals surface area contributed by atoms with E-state index < -0.39 is 5.60 Å². The van der Waals surface area contributed by atoms with E-state index >= 15 is 0 Å². The van der Waals surface area contributed by atoms with E-state index in [-0.39, 0.29) is 17.6 Å². The molecule has 2 nitrogen and oxygen atoms in total. The molecule has 0 saturated heterocycles. The Balaban J connectivity index is 2.10. The molecule has 2 aliphatic carbocycles. The van der Waals surface area contributed by atoms with Gasteiger partial charge in [0.2, 0.25) is 0 Å². The van der Waals surface area contributed by atoms with Crippen molar-refractivity contribution in [3.8, 4) is 0 Å². The van der Waals surface area contributed by atoms with Crippen LogP contribution in [0.5, 0.6) is 0 Å². The van der Waals surface area contributed by atoms with Crippen LogP contribution in [-0.4, -0.2) is 16.5 Å². The van der Waals surface area contributed by atoms with Crippen molar-refractivity contribution in [1.82, 2.24) is 0 Å². The van der Waals surface area contributed by atoms with Crippen LogP contribution in [0.4, 0.5) is 0 Å². The number of carbonyl (C=O) groups is 1. The minimum Gasteiger partial charge on any atom is -0.380 e. The number of ketones is 1. The summed E-state index contributed by atoms with van der Waals surface area (Å²) in [5.41, 5.74) is 1.26. The summed E-state index contributed by atoms with van der Waals surface area (Å²) >= 11 is 0. The van der Waals surface area contributed by atoms with Gasteiger partial charge < -0.3 is 5.11 Å². The van der Waals surface area contributed by atoms with Crippen molar-refractivity contribution in [2.75, 3.05) is 0 Å². The summed E-state index contributed by atoms with van der Waals surface area (Å²) < 4.78 is 0. The first-order valence-corrected chi connectivity index (χ1v) is 7.58. The number of Topliss-reactive ketones (excluding diaryl/α,β-unsaturated/α-hetero) is 1. The smallest absolute Gasteiger partial charge is 0.195 e. The maximum absolute atomic E-state index is 12.8. The second kappa shape index (κ2) is 4.85. The number of fused-ring (bicyclic) bond motifs is 1. The molecule has 1 aromatic carbocycles. The van der Waals surface area contributed by atoms with Crippen molar-refractivity contribution < 1.29 is 9.90 Å². The molecule has 0 amide bonds. The largest absolute Gasteiger partial charge is 0.380 e. The predicted molar refractivity (Wildman–Crippen MR) is 79.9 cm³/mol. The standard InChI is InChI=1S/C18H22O2/c1-12(2)16-14-10-6-7-11-15(14)17(19)18(16,20)13-8-4-3-5-9-13/h6-7,10-11,13,16,20H,1,3-5,8-9H2,2H3/t16-,18-/m1/s1. The van der Waals surface area contributed by atoms with E-state index in [0.29, 0.717) is 5.56 Å². The highest BCUT2D eigenvalue weighted by molar-refractivity contribution is 6.08. The van der Waals surface area contributed by atoms with E-state index in [9.17, 15) is 9.90 Å². The van der Waals surface area contributed by atoms with Crippen molar-refractivity contribution in [2.24, 2.45) is 5.92 Å². The van der Waals surface area contributed by atoms with E-state index in [2.05, 4.69) is 6.58 Å². The number of aliphatic hydroxyl groups is 1. The maximum atomic E-state index is 12.8. The topological polar surface area (TPSA) is 37.3 Å². The molecule has 1 aromatic rings. The van der Waals surface area contributed by atoms with Crippen molar-refractivity contribution in [1.29, 1.82) is 0 Å². The zero-order chi connectivity index (χ0) is 14.3. The van der Waals surface area contributed by atoms with Gasteiger partial charge >= 0.3 is 0 Å². The lowest BCUT2D eigenvalue weighted by Crippen LogP contribution is -2.47. The summed E-state index contributed by atoms with van der Waals surface area (Å²) in [7, 11) is 0. The van der Waals surface area contributed by atoms with Crippen LogP contribution in [0.2, 0.25) is 0 Å². The molecule has 1 N–H and O–H groups in total. The Kier molecular flexibility index (Phi) is 3.29. The zero-order valence-electron chi connectivity index (χ0n) is 12.1. The lowest BCUT2D eigenvalue weighted by atomic mass is 9.69. The van der Waals surface area contributed by atoms with Crippen LogP contribution >= 0.6 is 0 Å². The Morgan fingerprint density at radius 3 is 2.55 bits per heavy atom. The van der Waals surface area contributed by atoms with E-state index in [0.717, 1.165) is 36.8 Å². The van der Waals surface area contributed by atoms with Crippen LogP contribution in [0.15, 0.2) is 36.4 Å². The van der Waals surface area contributed by atoms with Crippen LogP contribution in [0, 0.1) is 5.92 Å². The normalized spacial score (nSPS) is 30.3. The van der Waals surface area contributed by atoms with Crippen molar-refractivity contribution in [2.45, 2.75) is 50.5 Å². The van der Waals surface area contributed by atoms with Gasteiger partial charge in [-0.1, -0.05) is 55.7 Å². The molecule has 2 aliphatic rings. The highest BCUT2D eigenvalue weighted by Gasteiger charge is 2.56. The van der Waals surface area contributed by atoms with Crippen molar-refractivity contribution in [3.05, 3.63) is 47.5 Å². The molecule has 1 fully saturated rings. The number of hydrogen-bond acceptors (Lipinski definition) is 2. The minimum absolute atomic E-state index is 0.0675. The molecule has 1 saturated carbocycles. The molecule has 3 rings (SSSR count).